The minimum Gasteiger partial charge on any atom is -0.325 e. The predicted molar refractivity (Wildman–Crippen MR) is 129 cm³/mol. The van der Waals surface area contributed by atoms with Gasteiger partial charge in [0, 0.05) is 42.5 Å². The molecule has 2 heterocycles. The first-order chi connectivity index (χ1) is 15.5. The minimum atomic E-state index is -0.160. The molecule has 1 N–H and O–H groups in total. The summed E-state index contributed by atoms with van der Waals surface area (Å²) in [7, 11) is 0. The first-order valence-electron chi connectivity index (χ1n) is 10.4. The number of thioether (sulfide) groups is 1. The average molecular weight is 463 g/mol. The van der Waals surface area contributed by atoms with Crippen LogP contribution in [-0.4, -0.2) is 28.1 Å². The molecule has 0 saturated heterocycles. The Morgan fingerprint density at radius 1 is 1.25 bits per heavy atom. The highest BCUT2D eigenvalue weighted by Crippen LogP contribution is 2.27. The zero-order valence-electron chi connectivity index (χ0n) is 17.8. The van der Waals surface area contributed by atoms with Crippen LogP contribution in [0.2, 0.25) is 5.02 Å². The maximum Gasteiger partial charge on any atom is 0.234 e. The number of aromatic nitrogens is 1. The molecule has 7 heteroatoms. The van der Waals surface area contributed by atoms with Gasteiger partial charge in [0.1, 0.15) is 11.1 Å². The Balaban J connectivity index is 1.40. The molecule has 1 aliphatic rings. The molecule has 162 valence electrons. The van der Waals surface area contributed by atoms with Crippen molar-refractivity contribution in [3.63, 3.8) is 0 Å². The third-order valence-electron chi connectivity index (χ3n) is 5.38. The van der Waals surface area contributed by atoms with Crippen LogP contribution >= 0.6 is 23.4 Å². The van der Waals surface area contributed by atoms with Gasteiger partial charge in [-0.1, -0.05) is 59.8 Å². The molecule has 0 unspecified atom stereocenters. The van der Waals surface area contributed by atoms with E-state index in [4.69, 9.17) is 16.6 Å². The van der Waals surface area contributed by atoms with Crippen LogP contribution in [0.1, 0.15) is 27.9 Å². The van der Waals surface area contributed by atoms with Gasteiger partial charge in [0.2, 0.25) is 5.91 Å². The second-order valence-corrected chi connectivity index (χ2v) is 9.18. The third kappa shape index (κ3) is 5.49. The number of hydrogen-bond acceptors (Lipinski definition) is 5. The molecular formula is C25H23ClN4OS. The predicted octanol–water partition coefficient (Wildman–Crippen LogP) is 5.20. The van der Waals surface area contributed by atoms with E-state index in [2.05, 4.69) is 40.6 Å². The van der Waals surface area contributed by atoms with Crippen molar-refractivity contribution in [3.05, 3.63) is 87.6 Å². The number of carbonyl (C=O) groups excluding carboxylic acids is 1. The Labute approximate surface area is 197 Å². The van der Waals surface area contributed by atoms with Crippen molar-refractivity contribution in [1.29, 1.82) is 5.26 Å². The Morgan fingerprint density at radius 3 is 2.81 bits per heavy atom. The molecule has 0 spiro atoms. The topological polar surface area (TPSA) is 69.0 Å². The summed E-state index contributed by atoms with van der Waals surface area (Å²) in [6, 6.07) is 20.0. The summed E-state index contributed by atoms with van der Waals surface area (Å²) < 4.78 is 0. The van der Waals surface area contributed by atoms with Crippen molar-refractivity contribution in [2.45, 2.75) is 31.5 Å². The maximum atomic E-state index is 12.4. The summed E-state index contributed by atoms with van der Waals surface area (Å²) in [6.07, 6.45) is 0.829. The zero-order valence-corrected chi connectivity index (χ0v) is 19.3. The number of carbonyl (C=O) groups is 1. The van der Waals surface area contributed by atoms with E-state index in [0.717, 1.165) is 42.9 Å². The fourth-order valence-electron chi connectivity index (χ4n) is 3.68. The lowest BCUT2D eigenvalue weighted by Crippen LogP contribution is -2.31. The molecule has 0 fully saturated rings. The number of pyridine rings is 1. The van der Waals surface area contributed by atoms with Gasteiger partial charge in [0.05, 0.1) is 11.3 Å². The number of aryl methyl sites for hydroxylation is 1. The average Bonchev–Trinajstić information content (AvgIpc) is 2.80. The van der Waals surface area contributed by atoms with Gasteiger partial charge in [0.15, 0.2) is 0 Å². The largest absolute Gasteiger partial charge is 0.325 e. The lowest BCUT2D eigenvalue weighted by atomic mass is 10.0. The van der Waals surface area contributed by atoms with Gasteiger partial charge in [-0.05, 0) is 41.8 Å². The van der Waals surface area contributed by atoms with Gasteiger partial charge in [-0.2, -0.15) is 5.26 Å². The van der Waals surface area contributed by atoms with Crippen LogP contribution in [0, 0.1) is 18.3 Å². The highest BCUT2D eigenvalue weighted by molar-refractivity contribution is 8.00. The van der Waals surface area contributed by atoms with Gasteiger partial charge < -0.3 is 5.32 Å². The normalized spacial score (nSPS) is 13.3. The van der Waals surface area contributed by atoms with Crippen molar-refractivity contribution in [1.82, 2.24) is 9.88 Å². The van der Waals surface area contributed by atoms with Gasteiger partial charge in [0.25, 0.3) is 0 Å². The van der Waals surface area contributed by atoms with Crippen LogP contribution in [0.15, 0.2) is 59.6 Å². The molecule has 1 aromatic heterocycles. The van der Waals surface area contributed by atoms with E-state index in [1.54, 1.807) is 6.07 Å². The number of halogens is 1. The molecule has 2 aromatic carbocycles. The standard InChI is InChI=1S/C25H23ClN4OS/c1-17-7-8-21(12-22(17)26)28-24(31)16-32-25-19(13-27)11-20-15-30(10-9-23(20)29-25)14-18-5-3-2-4-6-18/h2-8,11-12H,9-10,14-16H2,1H3,(H,28,31). The summed E-state index contributed by atoms with van der Waals surface area (Å²) in [5, 5.41) is 13.7. The molecule has 0 aliphatic carbocycles. The fourth-order valence-corrected chi connectivity index (χ4v) is 4.63. The molecule has 0 bridgehead atoms. The molecule has 1 aliphatic heterocycles. The summed E-state index contributed by atoms with van der Waals surface area (Å²) >= 11 is 7.42. The molecule has 5 nitrogen and oxygen atoms in total. The lowest BCUT2D eigenvalue weighted by molar-refractivity contribution is -0.113. The highest BCUT2D eigenvalue weighted by Gasteiger charge is 2.21. The van der Waals surface area contributed by atoms with Crippen LogP contribution in [0.25, 0.3) is 0 Å². The summed E-state index contributed by atoms with van der Waals surface area (Å²) in [5.41, 5.74) is 5.51. The van der Waals surface area contributed by atoms with Crippen molar-refractivity contribution in [3.8, 4) is 6.07 Å². The number of hydrogen-bond donors (Lipinski definition) is 1. The number of rotatable bonds is 6. The van der Waals surface area contributed by atoms with Crippen molar-refractivity contribution in [2.75, 3.05) is 17.6 Å². The second kappa shape index (κ2) is 10.2. The van der Waals surface area contributed by atoms with Crippen LogP contribution in [-0.2, 0) is 24.3 Å². The molecule has 0 saturated carbocycles. The van der Waals surface area contributed by atoms with Gasteiger partial charge in [-0.25, -0.2) is 4.98 Å². The Kier molecular flexibility index (Phi) is 7.11. The quantitative estimate of drug-likeness (QED) is 0.509. The van der Waals surface area contributed by atoms with Gasteiger partial charge in [-0.15, -0.1) is 0 Å². The monoisotopic (exact) mass is 462 g/mol. The van der Waals surface area contributed by atoms with Crippen LogP contribution in [0.5, 0.6) is 0 Å². The summed E-state index contributed by atoms with van der Waals surface area (Å²) in [6.45, 7) is 4.48. The Hall–Kier alpha value is -2.85. The van der Waals surface area contributed by atoms with Crippen molar-refractivity contribution in [2.24, 2.45) is 0 Å². The first kappa shape index (κ1) is 22.3. The van der Waals surface area contributed by atoms with Crippen LogP contribution in [0.3, 0.4) is 0 Å². The highest BCUT2D eigenvalue weighted by atomic mass is 35.5. The van der Waals surface area contributed by atoms with E-state index in [9.17, 15) is 10.1 Å². The fraction of sp³-hybridized carbons (Fsp3) is 0.240. The third-order valence-corrected chi connectivity index (χ3v) is 6.78. The molecule has 4 rings (SSSR count). The number of benzene rings is 2. The van der Waals surface area contributed by atoms with Crippen LogP contribution < -0.4 is 5.32 Å². The Bertz CT molecular complexity index is 1180. The van der Waals surface area contributed by atoms with Gasteiger partial charge >= 0.3 is 0 Å². The molecule has 3 aromatic rings. The number of nitrogens with zero attached hydrogens (tertiary/aromatic N) is 3. The second-order valence-electron chi connectivity index (χ2n) is 7.81. The van der Waals surface area contributed by atoms with E-state index >= 15 is 0 Å². The smallest absolute Gasteiger partial charge is 0.234 e. The maximum absolute atomic E-state index is 12.4. The van der Waals surface area contributed by atoms with E-state index in [1.807, 2.05) is 31.2 Å². The Morgan fingerprint density at radius 2 is 2.06 bits per heavy atom. The number of anilines is 1. The summed E-state index contributed by atoms with van der Waals surface area (Å²) in [5.74, 6) is 0.0129. The van der Waals surface area contributed by atoms with E-state index in [0.29, 0.717) is 21.3 Å². The molecule has 0 atom stereocenters. The number of fused-ring (bicyclic) bond motifs is 1. The van der Waals surface area contributed by atoms with E-state index in [-0.39, 0.29) is 11.7 Å². The molecule has 0 radical (unpaired) electrons. The SMILES string of the molecule is Cc1ccc(NC(=O)CSc2nc3c(cc2C#N)CN(Cc2ccccc2)CC3)cc1Cl. The molecular weight excluding hydrogens is 440 g/mol. The first-order valence-corrected chi connectivity index (χ1v) is 11.8. The number of nitriles is 1. The van der Waals surface area contributed by atoms with Crippen LogP contribution in [0.4, 0.5) is 5.69 Å². The number of amides is 1. The van der Waals surface area contributed by atoms with Gasteiger partial charge in [-0.3, -0.25) is 9.69 Å². The van der Waals surface area contributed by atoms with E-state index < -0.39 is 0 Å². The summed E-state index contributed by atoms with van der Waals surface area (Å²) in [4.78, 5) is 19.5. The zero-order chi connectivity index (χ0) is 22.5. The number of nitrogens with one attached hydrogen (secondary N) is 1. The van der Waals surface area contributed by atoms with E-state index in [1.165, 1.54) is 17.3 Å². The minimum absolute atomic E-state index is 0.160. The van der Waals surface area contributed by atoms with Crippen molar-refractivity contribution < 1.29 is 4.79 Å². The van der Waals surface area contributed by atoms with Crippen molar-refractivity contribution >= 4 is 35.0 Å². The molecule has 1 amide bonds. The lowest BCUT2D eigenvalue weighted by Gasteiger charge is -2.28. The molecule has 32 heavy (non-hydrogen) atoms.